The Balaban J connectivity index is 0.00000261. The molecule has 1 aromatic rings. The molecule has 152 valence electrons. The van der Waals surface area contributed by atoms with E-state index in [-0.39, 0.29) is 42.3 Å². The predicted molar refractivity (Wildman–Crippen MR) is 105 cm³/mol. The summed E-state index contributed by atoms with van der Waals surface area (Å²) in [6, 6.07) is 0.111. The third kappa shape index (κ3) is 6.41. The molecule has 1 aromatic heterocycles. The molecule has 0 spiro atoms. The van der Waals surface area contributed by atoms with E-state index in [0.29, 0.717) is 11.5 Å². The second kappa shape index (κ2) is 10.9. The van der Waals surface area contributed by atoms with Crippen LogP contribution in [0, 0.1) is 5.92 Å². The summed E-state index contributed by atoms with van der Waals surface area (Å²) in [6.45, 7) is 2.45. The number of carbonyl (C=O) groups excluding carboxylic acids is 2. The Labute approximate surface area is 170 Å². The van der Waals surface area contributed by atoms with Gasteiger partial charge in [0.05, 0.1) is 31.9 Å². The van der Waals surface area contributed by atoms with E-state index in [1.165, 1.54) is 18.4 Å². The van der Waals surface area contributed by atoms with E-state index in [4.69, 9.17) is 9.47 Å². The van der Waals surface area contributed by atoms with Crippen LogP contribution >= 0.6 is 23.7 Å². The molecule has 9 heteroatoms. The quantitative estimate of drug-likeness (QED) is 0.690. The van der Waals surface area contributed by atoms with Crippen LogP contribution in [-0.4, -0.2) is 49.2 Å². The molecular weight excluding hydrogens is 390 g/mol. The van der Waals surface area contributed by atoms with E-state index in [2.05, 4.69) is 15.6 Å². The van der Waals surface area contributed by atoms with Crippen molar-refractivity contribution in [2.24, 2.45) is 5.92 Å². The van der Waals surface area contributed by atoms with E-state index in [1.807, 2.05) is 0 Å². The number of rotatable bonds is 6. The third-order valence-corrected chi connectivity index (χ3v) is 6.07. The summed E-state index contributed by atoms with van der Waals surface area (Å²) in [6.07, 6.45) is 7.07. The average Bonchev–Trinajstić information content (AvgIpc) is 3.16. The molecule has 2 fully saturated rings. The zero-order valence-corrected chi connectivity index (χ0v) is 17.2. The molecule has 1 saturated carbocycles. The van der Waals surface area contributed by atoms with Crippen molar-refractivity contribution in [1.29, 1.82) is 0 Å². The Morgan fingerprint density at radius 1 is 1.22 bits per heavy atom. The van der Waals surface area contributed by atoms with Gasteiger partial charge in [-0.1, -0.05) is 0 Å². The molecule has 0 radical (unpaired) electrons. The van der Waals surface area contributed by atoms with Crippen LogP contribution in [0.2, 0.25) is 0 Å². The van der Waals surface area contributed by atoms with E-state index in [0.717, 1.165) is 56.6 Å². The molecule has 2 aliphatic rings. The number of methoxy groups -OCH3 is 1. The van der Waals surface area contributed by atoms with E-state index >= 15 is 0 Å². The molecule has 0 bridgehead atoms. The number of thiazole rings is 1. The van der Waals surface area contributed by atoms with Gasteiger partial charge >= 0.3 is 5.97 Å². The number of esters is 1. The number of nitrogens with one attached hydrogen (secondary N) is 2. The largest absolute Gasteiger partial charge is 0.469 e. The lowest BCUT2D eigenvalue weighted by Crippen LogP contribution is -2.38. The summed E-state index contributed by atoms with van der Waals surface area (Å²) < 4.78 is 10.7. The molecule has 1 aliphatic carbocycles. The van der Waals surface area contributed by atoms with Crippen molar-refractivity contribution in [3.63, 3.8) is 0 Å². The fourth-order valence-corrected chi connectivity index (χ4v) is 4.27. The fraction of sp³-hybridized carbons (Fsp3) is 0.722. The topological polar surface area (TPSA) is 89.5 Å². The van der Waals surface area contributed by atoms with E-state index in [9.17, 15) is 9.59 Å². The summed E-state index contributed by atoms with van der Waals surface area (Å²) in [7, 11) is 1.42. The highest BCUT2D eigenvalue weighted by molar-refractivity contribution is 7.13. The molecule has 0 aromatic carbocycles. The Morgan fingerprint density at radius 3 is 2.59 bits per heavy atom. The van der Waals surface area contributed by atoms with Gasteiger partial charge in [0, 0.05) is 6.04 Å². The molecule has 0 unspecified atom stereocenters. The highest BCUT2D eigenvalue weighted by Gasteiger charge is 2.28. The Bertz CT molecular complexity index is 614. The van der Waals surface area contributed by atoms with Gasteiger partial charge in [-0.05, 0) is 51.6 Å². The van der Waals surface area contributed by atoms with Crippen molar-refractivity contribution >= 4 is 35.6 Å². The molecule has 0 atom stereocenters. The lowest BCUT2D eigenvalue weighted by atomic mass is 9.86. The second-order valence-corrected chi connectivity index (χ2v) is 8.04. The number of hydrogen-bond acceptors (Lipinski definition) is 7. The highest BCUT2D eigenvalue weighted by Crippen LogP contribution is 2.26. The minimum atomic E-state index is -0.143. The monoisotopic (exact) mass is 417 g/mol. The Hall–Kier alpha value is -1.22. The van der Waals surface area contributed by atoms with Crippen molar-refractivity contribution in [1.82, 2.24) is 15.6 Å². The number of carbonyl (C=O) groups is 2. The van der Waals surface area contributed by atoms with Gasteiger partial charge in [-0.2, -0.15) is 0 Å². The van der Waals surface area contributed by atoms with Crippen LogP contribution in [0.15, 0.2) is 6.20 Å². The Morgan fingerprint density at radius 2 is 1.93 bits per heavy atom. The van der Waals surface area contributed by atoms with Crippen molar-refractivity contribution in [3.8, 4) is 0 Å². The van der Waals surface area contributed by atoms with Gasteiger partial charge in [0.25, 0.3) is 5.91 Å². The van der Waals surface area contributed by atoms with Gasteiger partial charge < -0.3 is 20.1 Å². The number of aromatic nitrogens is 1. The van der Waals surface area contributed by atoms with Crippen LogP contribution in [-0.2, 0) is 20.9 Å². The number of amides is 1. The predicted octanol–water partition coefficient (Wildman–Crippen LogP) is 2.30. The molecule has 2 heterocycles. The maximum absolute atomic E-state index is 12.4. The standard InChI is InChI=1S/C18H27N3O4S.ClH/c1-24-18(23)12-2-4-13(5-3-12)21-17(22)15-10-20-16(26-15)11-25-14-6-8-19-9-7-14;/h10,12-14,19H,2-9,11H2,1H3,(H,21,22);1H. The molecule has 1 amide bonds. The fourth-order valence-electron chi connectivity index (χ4n) is 3.53. The summed E-state index contributed by atoms with van der Waals surface area (Å²) in [5.41, 5.74) is 0. The van der Waals surface area contributed by atoms with Crippen LogP contribution in [0.4, 0.5) is 0 Å². The zero-order valence-electron chi connectivity index (χ0n) is 15.6. The van der Waals surface area contributed by atoms with Crippen molar-refractivity contribution < 1.29 is 19.1 Å². The van der Waals surface area contributed by atoms with Gasteiger partial charge in [0.1, 0.15) is 9.88 Å². The maximum Gasteiger partial charge on any atom is 0.308 e. The minimum absolute atomic E-state index is 0. The van der Waals surface area contributed by atoms with E-state index < -0.39 is 0 Å². The minimum Gasteiger partial charge on any atom is -0.469 e. The molecule has 2 N–H and O–H groups in total. The number of ether oxygens (including phenoxy) is 2. The van der Waals surface area contributed by atoms with Crippen LogP contribution in [0.1, 0.15) is 53.2 Å². The van der Waals surface area contributed by atoms with Crippen molar-refractivity contribution in [2.75, 3.05) is 20.2 Å². The first kappa shape index (κ1) is 22.1. The normalized spacial score (nSPS) is 23.3. The first-order valence-corrected chi connectivity index (χ1v) is 10.1. The number of nitrogens with zero attached hydrogens (tertiary/aromatic N) is 1. The van der Waals surface area contributed by atoms with Crippen LogP contribution in [0.3, 0.4) is 0 Å². The molecular formula is C18H28ClN3O4S. The van der Waals surface area contributed by atoms with E-state index in [1.54, 1.807) is 6.20 Å². The zero-order chi connectivity index (χ0) is 18.4. The summed E-state index contributed by atoms with van der Waals surface area (Å²) in [5.74, 6) is -0.261. The van der Waals surface area contributed by atoms with Gasteiger partial charge in [0.15, 0.2) is 0 Å². The lowest BCUT2D eigenvalue weighted by molar-refractivity contribution is -0.146. The second-order valence-electron chi connectivity index (χ2n) is 6.92. The number of halogens is 1. The number of piperidine rings is 1. The van der Waals surface area contributed by atoms with Gasteiger partial charge in [0.2, 0.25) is 0 Å². The third-order valence-electron chi connectivity index (χ3n) is 5.10. The number of hydrogen-bond donors (Lipinski definition) is 2. The van der Waals surface area contributed by atoms with Crippen LogP contribution in [0.25, 0.3) is 0 Å². The smallest absolute Gasteiger partial charge is 0.308 e. The lowest BCUT2D eigenvalue weighted by Gasteiger charge is -2.27. The van der Waals surface area contributed by atoms with Gasteiger partial charge in [-0.25, -0.2) is 4.98 Å². The highest BCUT2D eigenvalue weighted by atomic mass is 35.5. The molecule has 1 aliphatic heterocycles. The molecule has 1 saturated heterocycles. The van der Waals surface area contributed by atoms with Crippen LogP contribution < -0.4 is 10.6 Å². The average molecular weight is 418 g/mol. The van der Waals surface area contributed by atoms with Crippen LogP contribution in [0.5, 0.6) is 0 Å². The summed E-state index contributed by atoms with van der Waals surface area (Å²) in [5, 5.41) is 7.21. The first-order valence-electron chi connectivity index (χ1n) is 9.31. The van der Waals surface area contributed by atoms with Crippen molar-refractivity contribution in [2.45, 2.75) is 57.3 Å². The van der Waals surface area contributed by atoms with Gasteiger partial charge in [-0.15, -0.1) is 23.7 Å². The first-order chi connectivity index (χ1) is 12.7. The molecule has 3 rings (SSSR count). The van der Waals surface area contributed by atoms with Crippen molar-refractivity contribution in [3.05, 3.63) is 16.1 Å². The molecule has 7 nitrogen and oxygen atoms in total. The Kier molecular flexibility index (Phi) is 8.95. The summed E-state index contributed by atoms with van der Waals surface area (Å²) in [4.78, 5) is 28.9. The summed E-state index contributed by atoms with van der Waals surface area (Å²) >= 11 is 1.39. The maximum atomic E-state index is 12.4. The SMILES string of the molecule is COC(=O)C1CCC(NC(=O)c2cnc(COC3CCNCC3)s2)CC1.Cl. The van der Waals surface area contributed by atoms with Gasteiger partial charge in [-0.3, -0.25) is 9.59 Å². The molecule has 27 heavy (non-hydrogen) atoms.